The van der Waals surface area contributed by atoms with E-state index in [9.17, 15) is 17.6 Å². The number of benzene rings is 1. The molecule has 1 aromatic carbocycles. The van der Waals surface area contributed by atoms with Gasteiger partial charge in [-0.05, 0) is 43.9 Å². The lowest BCUT2D eigenvalue weighted by Gasteiger charge is -2.31. The molecule has 0 spiro atoms. The van der Waals surface area contributed by atoms with Crippen LogP contribution in [0.4, 0.5) is 4.39 Å². The summed E-state index contributed by atoms with van der Waals surface area (Å²) in [6.07, 6.45) is 3.32. The molecule has 0 heterocycles. The van der Waals surface area contributed by atoms with Crippen LogP contribution in [-0.2, 0) is 10.0 Å². The molecule has 20 heavy (non-hydrogen) atoms. The summed E-state index contributed by atoms with van der Waals surface area (Å²) >= 11 is 0. The third-order valence-electron chi connectivity index (χ3n) is 3.72. The van der Waals surface area contributed by atoms with Gasteiger partial charge in [-0.3, -0.25) is 4.79 Å². The zero-order chi connectivity index (χ0) is 14.9. The third-order valence-corrected chi connectivity index (χ3v) is 4.64. The number of carbonyl (C=O) groups excluding carboxylic acids is 1. The number of hydrogen-bond acceptors (Lipinski definition) is 3. The maximum atomic E-state index is 13.4. The van der Waals surface area contributed by atoms with Crippen molar-refractivity contribution in [2.24, 2.45) is 11.1 Å². The predicted molar refractivity (Wildman–Crippen MR) is 72.0 cm³/mol. The lowest BCUT2D eigenvalue weighted by Crippen LogP contribution is -2.40. The molecule has 0 bridgehead atoms. The summed E-state index contributed by atoms with van der Waals surface area (Å²) < 4.78 is 35.8. The van der Waals surface area contributed by atoms with Crippen LogP contribution < -0.4 is 10.5 Å². The Morgan fingerprint density at radius 2 is 2.10 bits per heavy atom. The molecule has 1 atom stereocenters. The number of sulfonamides is 1. The van der Waals surface area contributed by atoms with E-state index >= 15 is 0 Å². The Morgan fingerprint density at radius 3 is 2.60 bits per heavy atom. The summed E-state index contributed by atoms with van der Waals surface area (Å²) in [5.41, 5.74) is 0.0848. The van der Waals surface area contributed by atoms with Gasteiger partial charge in [0.1, 0.15) is 10.7 Å². The molecule has 5 nitrogen and oxygen atoms in total. The second kappa shape index (κ2) is 5.49. The van der Waals surface area contributed by atoms with Crippen LogP contribution in [0.2, 0.25) is 0 Å². The van der Waals surface area contributed by atoms with Crippen molar-refractivity contribution in [1.82, 2.24) is 5.32 Å². The first-order valence-corrected chi connectivity index (χ1v) is 7.97. The van der Waals surface area contributed by atoms with Crippen molar-refractivity contribution >= 4 is 15.9 Å². The van der Waals surface area contributed by atoms with Crippen LogP contribution in [-0.4, -0.2) is 20.4 Å². The maximum Gasteiger partial charge on any atom is 0.251 e. The number of halogens is 1. The number of carbonyl (C=O) groups is 1. The van der Waals surface area contributed by atoms with Gasteiger partial charge in [0.05, 0.1) is 0 Å². The molecule has 0 saturated heterocycles. The average molecular weight is 300 g/mol. The van der Waals surface area contributed by atoms with E-state index in [4.69, 9.17) is 5.14 Å². The monoisotopic (exact) mass is 300 g/mol. The zero-order valence-electron chi connectivity index (χ0n) is 11.1. The van der Waals surface area contributed by atoms with Crippen LogP contribution in [0.5, 0.6) is 0 Å². The van der Waals surface area contributed by atoms with Gasteiger partial charge >= 0.3 is 0 Å². The molecule has 0 radical (unpaired) electrons. The molecule has 0 aliphatic heterocycles. The molecule has 1 fully saturated rings. The SMILES string of the molecule is CC(NC(=O)c1ccc(F)c(S(N)(=O)=O)c1)C1CCC1. The van der Waals surface area contributed by atoms with Crippen LogP contribution >= 0.6 is 0 Å². The normalized spacial score (nSPS) is 17.4. The van der Waals surface area contributed by atoms with Crippen LogP contribution in [0.25, 0.3) is 0 Å². The van der Waals surface area contributed by atoms with Crippen LogP contribution in [0.15, 0.2) is 23.1 Å². The van der Waals surface area contributed by atoms with E-state index in [2.05, 4.69) is 5.32 Å². The van der Waals surface area contributed by atoms with Gasteiger partial charge < -0.3 is 5.32 Å². The van der Waals surface area contributed by atoms with E-state index in [0.717, 1.165) is 31.4 Å². The van der Waals surface area contributed by atoms with Crippen LogP contribution in [0.3, 0.4) is 0 Å². The number of rotatable bonds is 4. The largest absolute Gasteiger partial charge is 0.349 e. The van der Waals surface area contributed by atoms with Crippen LogP contribution in [0.1, 0.15) is 36.5 Å². The second-order valence-electron chi connectivity index (χ2n) is 5.14. The topological polar surface area (TPSA) is 89.3 Å². The fourth-order valence-corrected chi connectivity index (χ4v) is 2.84. The first-order chi connectivity index (χ1) is 9.29. The Bertz CT molecular complexity index is 627. The quantitative estimate of drug-likeness (QED) is 0.880. The molecule has 1 aromatic rings. The summed E-state index contributed by atoms with van der Waals surface area (Å²) in [7, 11) is -4.18. The Kier molecular flexibility index (Phi) is 4.10. The molecule has 1 aliphatic carbocycles. The van der Waals surface area contributed by atoms with E-state index < -0.39 is 26.6 Å². The highest BCUT2D eigenvalue weighted by molar-refractivity contribution is 7.89. The highest BCUT2D eigenvalue weighted by Gasteiger charge is 2.26. The lowest BCUT2D eigenvalue weighted by atomic mass is 9.80. The summed E-state index contributed by atoms with van der Waals surface area (Å²) in [5.74, 6) is -0.928. The molecule has 1 amide bonds. The predicted octanol–water partition coefficient (Wildman–Crippen LogP) is 1.39. The van der Waals surface area contributed by atoms with E-state index in [1.165, 1.54) is 6.07 Å². The Balaban J connectivity index is 2.18. The molecular formula is C13H17FN2O3S. The minimum absolute atomic E-state index is 0.0132. The molecular weight excluding hydrogens is 283 g/mol. The molecule has 0 aromatic heterocycles. The van der Waals surface area contributed by atoms with Gasteiger partial charge in [-0.15, -0.1) is 0 Å². The fraction of sp³-hybridized carbons (Fsp3) is 0.462. The van der Waals surface area contributed by atoms with Crippen molar-refractivity contribution < 1.29 is 17.6 Å². The van der Waals surface area contributed by atoms with Gasteiger partial charge in [0, 0.05) is 11.6 Å². The first kappa shape index (κ1) is 14.9. The van der Waals surface area contributed by atoms with Gasteiger partial charge in [0.15, 0.2) is 0 Å². The maximum absolute atomic E-state index is 13.4. The number of amides is 1. The molecule has 1 aliphatic rings. The molecule has 110 valence electrons. The van der Waals surface area contributed by atoms with E-state index in [1.54, 1.807) is 0 Å². The Labute approximate surface area is 117 Å². The standard InChI is InChI=1S/C13H17FN2O3S/c1-8(9-3-2-4-9)16-13(17)10-5-6-11(14)12(7-10)20(15,18)19/h5-9H,2-4H2,1H3,(H,16,17)(H2,15,18,19). The van der Waals surface area contributed by atoms with Crippen molar-refractivity contribution in [3.63, 3.8) is 0 Å². The summed E-state index contributed by atoms with van der Waals surface area (Å²) in [4.78, 5) is 11.4. The van der Waals surface area contributed by atoms with Crippen molar-refractivity contribution in [3.05, 3.63) is 29.6 Å². The minimum Gasteiger partial charge on any atom is -0.349 e. The van der Waals surface area contributed by atoms with Gasteiger partial charge in [0.25, 0.3) is 5.91 Å². The smallest absolute Gasteiger partial charge is 0.251 e. The van der Waals surface area contributed by atoms with Crippen molar-refractivity contribution in [2.45, 2.75) is 37.1 Å². The number of hydrogen-bond donors (Lipinski definition) is 2. The third kappa shape index (κ3) is 3.16. The van der Waals surface area contributed by atoms with Gasteiger partial charge in [-0.2, -0.15) is 0 Å². The Morgan fingerprint density at radius 1 is 1.45 bits per heavy atom. The number of primary sulfonamides is 1. The number of nitrogens with two attached hydrogens (primary N) is 1. The summed E-state index contributed by atoms with van der Waals surface area (Å²) in [6.45, 7) is 1.91. The van der Waals surface area contributed by atoms with E-state index in [1.807, 2.05) is 6.92 Å². The van der Waals surface area contributed by atoms with Crippen molar-refractivity contribution in [1.29, 1.82) is 0 Å². The second-order valence-corrected chi connectivity index (χ2v) is 6.67. The summed E-state index contributed by atoms with van der Waals surface area (Å²) in [5, 5.41) is 7.71. The Hall–Kier alpha value is -1.47. The zero-order valence-corrected chi connectivity index (χ0v) is 11.9. The van der Waals surface area contributed by atoms with Gasteiger partial charge in [-0.25, -0.2) is 17.9 Å². The first-order valence-electron chi connectivity index (χ1n) is 6.42. The van der Waals surface area contributed by atoms with Crippen molar-refractivity contribution in [3.8, 4) is 0 Å². The molecule has 2 rings (SSSR count). The molecule has 1 unspecified atom stereocenters. The highest BCUT2D eigenvalue weighted by atomic mass is 32.2. The van der Waals surface area contributed by atoms with E-state index in [0.29, 0.717) is 5.92 Å². The fourth-order valence-electron chi connectivity index (χ4n) is 2.21. The molecule has 7 heteroatoms. The highest BCUT2D eigenvalue weighted by Crippen LogP contribution is 2.29. The molecule has 1 saturated carbocycles. The van der Waals surface area contributed by atoms with Crippen LogP contribution in [0, 0.1) is 11.7 Å². The summed E-state index contributed by atoms with van der Waals surface area (Å²) in [6, 6.07) is 3.16. The van der Waals surface area contributed by atoms with Gasteiger partial charge in [-0.1, -0.05) is 6.42 Å². The minimum atomic E-state index is -4.18. The average Bonchev–Trinajstić information content (AvgIpc) is 2.25. The van der Waals surface area contributed by atoms with Gasteiger partial charge in [0.2, 0.25) is 10.0 Å². The van der Waals surface area contributed by atoms with E-state index in [-0.39, 0.29) is 11.6 Å². The number of nitrogens with one attached hydrogen (secondary N) is 1. The molecule has 3 N–H and O–H groups in total. The van der Waals surface area contributed by atoms with Crippen molar-refractivity contribution in [2.75, 3.05) is 0 Å². The lowest BCUT2D eigenvalue weighted by molar-refractivity contribution is 0.0909.